The summed E-state index contributed by atoms with van der Waals surface area (Å²) in [4.78, 5) is 26.2. The molecule has 6 heteroatoms. The van der Waals surface area contributed by atoms with Crippen LogP contribution in [0.25, 0.3) is 0 Å². The summed E-state index contributed by atoms with van der Waals surface area (Å²) in [6, 6.07) is 3.27. The van der Waals surface area contributed by atoms with Gasteiger partial charge in [-0.2, -0.15) is 0 Å². The van der Waals surface area contributed by atoms with E-state index in [9.17, 15) is 9.59 Å². The van der Waals surface area contributed by atoms with Crippen LogP contribution in [0.2, 0.25) is 0 Å². The standard InChI is InChI=1S/C16H21NO5/c1-4-22-14-10-12(11(2)9-13(14)16(19)20-3)15(18)17-5-7-21-8-6-17/h9-10H,4-8H2,1-3H3. The molecule has 0 N–H and O–H groups in total. The SMILES string of the molecule is CCOc1cc(C(=O)N2CCOCC2)c(C)cc1C(=O)OC. The minimum atomic E-state index is -0.475. The third-order valence-corrected chi connectivity index (χ3v) is 3.56. The summed E-state index contributed by atoms with van der Waals surface area (Å²) >= 11 is 0. The lowest BCUT2D eigenvalue weighted by Crippen LogP contribution is -2.41. The van der Waals surface area contributed by atoms with E-state index < -0.39 is 5.97 Å². The maximum atomic E-state index is 12.6. The Kier molecular flexibility index (Phi) is 5.38. The van der Waals surface area contributed by atoms with Crippen LogP contribution < -0.4 is 4.74 Å². The Morgan fingerprint density at radius 3 is 2.50 bits per heavy atom. The highest BCUT2D eigenvalue weighted by atomic mass is 16.5. The Balaban J connectivity index is 2.37. The minimum absolute atomic E-state index is 0.0711. The van der Waals surface area contributed by atoms with Crippen molar-refractivity contribution in [2.24, 2.45) is 0 Å². The lowest BCUT2D eigenvalue weighted by molar-refractivity contribution is 0.0302. The highest BCUT2D eigenvalue weighted by Crippen LogP contribution is 2.26. The number of hydrogen-bond acceptors (Lipinski definition) is 5. The highest BCUT2D eigenvalue weighted by Gasteiger charge is 2.23. The molecule has 0 aromatic heterocycles. The molecule has 6 nitrogen and oxygen atoms in total. The van der Waals surface area contributed by atoms with Crippen molar-refractivity contribution in [3.8, 4) is 5.75 Å². The Morgan fingerprint density at radius 1 is 1.23 bits per heavy atom. The minimum Gasteiger partial charge on any atom is -0.493 e. The van der Waals surface area contributed by atoms with Crippen LogP contribution in [0.3, 0.4) is 0 Å². The van der Waals surface area contributed by atoms with Crippen molar-refractivity contribution in [1.82, 2.24) is 4.90 Å². The summed E-state index contributed by atoms with van der Waals surface area (Å²) < 4.78 is 15.5. The van der Waals surface area contributed by atoms with Gasteiger partial charge < -0.3 is 19.1 Å². The van der Waals surface area contributed by atoms with E-state index in [0.29, 0.717) is 49.8 Å². The largest absolute Gasteiger partial charge is 0.493 e. The number of morpholine rings is 1. The van der Waals surface area contributed by atoms with Gasteiger partial charge in [0, 0.05) is 18.7 Å². The van der Waals surface area contributed by atoms with Gasteiger partial charge in [0.2, 0.25) is 0 Å². The molecule has 120 valence electrons. The zero-order chi connectivity index (χ0) is 16.1. The molecular formula is C16H21NO5. The Morgan fingerprint density at radius 2 is 1.91 bits per heavy atom. The molecule has 0 unspecified atom stereocenters. The molecule has 1 amide bonds. The van der Waals surface area contributed by atoms with Gasteiger partial charge in [-0.05, 0) is 31.5 Å². The topological polar surface area (TPSA) is 65.1 Å². The predicted molar refractivity (Wildman–Crippen MR) is 80.4 cm³/mol. The fourth-order valence-corrected chi connectivity index (χ4v) is 2.40. The smallest absolute Gasteiger partial charge is 0.341 e. The molecule has 1 heterocycles. The number of esters is 1. The molecule has 22 heavy (non-hydrogen) atoms. The van der Waals surface area contributed by atoms with Crippen molar-refractivity contribution in [2.75, 3.05) is 40.0 Å². The van der Waals surface area contributed by atoms with E-state index in [1.165, 1.54) is 7.11 Å². The van der Waals surface area contributed by atoms with Crippen molar-refractivity contribution >= 4 is 11.9 Å². The summed E-state index contributed by atoms with van der Waals surface area (Å²) in [5, 5.41) is 0. The molecule has 2 rings (SSSR count). The monoisotopic (exact) mass is 307 g/mol. The van der Waals surface area contributed by atoms with Crippen LogP contribution >= 0.6 is 0 Å². The molecule has 0 saturated carbocycles. The van der Waals surface area contributed by atoms with Gasteiger partial charge in [0.15, 0.2) is 0 Å². The van der Waals surface area contributed by atoms with Gasteiger partial charge in [-0.3, -0.25) is 4.79 Å². The maximum absolute atomic E-state index is 12.6. The predicted octanol–water partition coefficient (Wildman–Crippen LogP) is 1.65. The summed E-state index contributed by atoms with van der Waals surface area (Å²) in [6.07, 6.45) is 0. The fourth-order valence-electron chi connectivity index (χ4n) is 2.40. The van der Waals surface area contributed by atoms with Crippen molar-refractivity contribution in [3.05, 3.63) is 28.8 Å². The van der Waals surface area contributed by atoms with E-state index in [1.54, 1.807) is 24.0 Å². The third kappa shape index (κ3) is 3.39. The first-order chi connectivity index (χ1) is 10.6. The van der Waals surface area contributed by atoms with Gasteiger partial charge in [-0.25, -0.2) is 4.79 Å². The molecule has 1 aliphatic heterocycles. The number of amides is 1. The number of ether oxygens (including phenoxy) is 3. The van der Waals surface area contributed by atoms with Gasteiger partial charge in [-0.1, -0.05) is 0 Å². The lowest BCUT2D eigenvalue weighted by Gasteiger charge is -2.27. The van der Waals surface area contributed by atoms with E-state index in [2.05, 4.69) is 0 Å². The molecule has 1 aromatic carbocycles. The number of hydrogen-bond donors (Lipinski definition) is 0. The van der Waals surface area contributed by atoms with Crippen LogP contribution in [0.15, 0.2) is 12.1 Å². The molecular weight excluding hydrogens is 286 g/mol. The number of carbonyl (C=O) groups excluding carboxylic acids is 2. The molecule has 1 aromatic rings. The van der Waals surface area contributed by atoms with Gasteiger partial charge in [0.05, 0.1) is 26.9 Å². The quantitative estimate of drug-likeness (QED) is 0.791. The molecule has 0 radical (unpaired) electrons. The summed E-state index contributed by atoms with van der Waals surface area (Å²) in [5.74, 6) is -0.174. The first-order valence-electron chi connectivity index (χ1n) is 7.31. The molecule has 0 atom stereocenters. The van der Waals surface area contributed by atoms with E-state index in [0.717, 1.165) is 5.56 Å². The van der Waals surface area contributed by atoms with Gasteiger partial charge in [0.25, 0.3) is 5.91 Å². The normalized spacial score (nSPS) is 14.6. The number of methoxy groups -OCH3 is 1. The van der Waals surface area contributed by atoms with Crippen molar-refractivity contribution < 1.29 is 23.8 Å². The van der Waals surface area contributed by atoms with Crippen LogP contribution in [0.1, 0.15) is 33.2 Å². The van der Waals surface area contributed by atoms with Gasteiger partial charge >= 0.3 is 5.97 Å². The zero-order valence-corrected chi connectivity index (χ0v) is 13.2. The first-order valence-corrected chi connectivity index (χ1v) is 7.31. The van der Waals surface area contributed by atoms with Crippen LogP contribution in [0.5, 0.6) is 5.75 Å². The summed E-state index contributed by atoms with van der Waals surface area (Å²) in [7, 11) is 1.32. The number of benzene rings is 1. The Bertz CT molecular complexity index is 564. The van der Waals surface area contributed by atoms with Crippen LogP contribution in [-0.2, 0) is 9.47 Å². The van der Waals surface area contributed by atoms with E-state index in [1.807, 2.05) is 6.92 Å². The maximum Gasteiger partial charge on any atom is 0.341 e. The van der Waals surface area contributed by atoms with E-state index >= 15 is 0 Å². The van der Waals surface area contributed by atoms with Crippen LogP contribution in [0.4, 0.5) is 0 Å². The summed E-state index contributed by atoms with van der Waals surface area (Å²) in [5.41, 5.74) is 1.60. The van der Waals surface area contributed by atoms with Crippen molar-refractivity contribution in [3.63, 3.8) is 0 Å². The van der Waals surface area contributed by atoms with Crippen LogP contribution in [-0.4, -0.2) is 56.8 Å². The van der Waals surface area contributed by atoms with Crippen molar-refractivity contribution in [1.29, 1.82) is 0 Å². The second kappa shape index (κ2) is 7.26. The third-order valence-electron chi connectivity index (χ3n) is 3.56. The number of aryl methyl sites for hydroxylation is 1. The second-order valence-electron chi connectivity index (χ2n) is 4.99. The molecule has 1 aliphatic rings. The molecule has 0 spiro atoms. The van der Waals surface area contributed by atoms with E-state index in [-0.39, 0.29) is 5.91 Å². The zero-order valence-electron chi connectivity index (χ0n) is 13.2. The molecule has 1 saturated heterocycles. The Hall–Kier alpha value is -2.08. The Labute approximate surface area is 129 Å². The van der Waals surface area contributed by atoms with E-state index in [4.69, 9.17) is 14.2 Å². The van der Waals surface area contributed by atoms with Gasteiger partial charge in [0.1, 0.15) is 11.3 Å². The molecule has 0 aliphatic carbocycles. The molecule has 1 fully saturated rings. The lowest BCUT2D eigenvalue weighted by atomic mass is 10.0. The summed E-state index contributed by atoms with van der Waals surface area (Å²) in [6.45, 7) is 6.26. The fraction of sp³-hybridized carbons (Fsp3) is 0.500. The first kappa shape index (κ1) is 16.3. The average Bonchev–Trinajstić information content (AvgIpc) is 2.55. The van der Waals surface area contributed by atoms with Crippen molar-refractivity contribution in [2.45, 2.75) is 13.8 Å². The molecule has 0 bridgehead atoms. The highest BCUT2D eigenvalue weighted by molar-refractivity contribution is 5.99. The van der Waals surface area contributed by atoms with Gasteiger partial charge in [-0.15, -0.1) is 0 Å². The number of rotatable bonds is 4. The second-order valence-corrected chi connectivity index (χ2v) is 4.99. The number of nitrogens with zero attached hydrogens (tertiary/aromatic N) is 1. The van der Waals surface area contributed by atoms with Crippen LogP contribution in [0, 0.1) is 6.92 Å². The number of carbonyl (C=O) groups is 2. The average molecular weight is 307 g/mol.